The van der Waals surface area contributed by atoms with Crippen molar-refractivity contribution in [1.29, 1.82) is 0 Å². The zero-order valence-corrected chi connectivity index (χ0v) is 16.1. The Balaban J connectivity index is 2.18. The minimum absolute atomic E-state index is 0.346. The summed E-state index contributed by atoms with van der Waals surface area (Å²) < 4.78 is 11.2. The molecular formula is C20H17IO4. The van der Waals surface area contributed by atoms with Gasteiger partial charge >= 0.3 is 11.9 Å². The van der Waals surface area contributed by atoms with E-state index in [1.807, 2.05) is 24.3 Å². The van der Waals surface area contributed by atoms with Crippen LogP contribution in [0, 0.1) is 3.57 Å². The average molecular weight is 448 g/mol. The first kappa shape index (κ1) is 18.9. The Morgan fingerprint density at radius 2 is 1.36 bits per heavy atom. The molecule has 0 unspecified atom stereocenters. The van der Waals surface area contributed by atoms with Gasteiger partial charge in [-0.2, -0.15) is 0 Å². The molecule has 0 N–H and O–H groups in total. The van der Waals surface area contributed by atoms with Gasteiger partial charge in [0.2, 0.25) is 0 Å². The van der Waals surface area contributed by atoms with Crippen LogP contribution in [0.1, 0.15) is 13.8 Å². The van der Waals surface area contributed by atoms with Crippen LogP contribution in [0.25, 0.3) is 11.1 Å². The van der Waals surface area contributed by atoms with Gasteiger partial charge in [-0.3, -0.25) is 0 Å². The Morgan fingerprint density at radius 3 is 1.88 bits per heavy atom. The van der Waals surface area contributed by atoms with E-state index >= 15 is 0 Å². The summed E-state index contributed by atoms with van der Waals surface area (Å²) in [7, 11) is 0. The van der Waals surface area contributed by atoms with Crippen molar-refractivity contribution in [3.63, 3.8) is 0 Å². The summed E-state index contributed by atoms with van der Waals surface area (Å²) in [6.45, 7) is 10.3. The van der Waals surface area contributed by atoms with Crippen LogP contribution in [0.15, 0.2) is 66.8 Å². The van der Waals surface area contributed by atoms with Crippen molar-refractivity contribution in [3.8, 4) is 22.6 Å². The lowest BCUT2D eigenvalue weighted by Gasteiger charge is -2.09. The number of hydrogen-bond donors (Lipinski definition) is 0. The fraction of sp³-hybridized carbons (Fsp3) is 0.100. The number of benzene rings is 2. The smallest absolute Gasteiger partial charge is 0.338 e. The Hall–Kier alpha value is -2.41. The van der Waals surface area contributed by atoms with Gasteiger partial charge in [0.25, 0.3) is 0 Å². The second-order valence-corrected chi connectivity index (χ2v) is 6.67. The van der Waals surface area contributed by atoms with Gasteiger partial charge in [0, 0.05) is 11.1 Å². The van der Waals surface area contributed by atoms with E-state index in [1.165, 1.54) is 0 Å². The second kappa shape index (κ2) is 8.11. The molecule has 0 heterocycles. The molecule has 0 aromatic heterocycles. The minimum atomic E-state index is -0.453. The van der Waals surface area contributed by atoms with Crippen molar-refractivity contribution in [1.82, 2.24) is 0 Å². The number of rotatable bonds is 5. The number of hydrogen-bond acceptors (Lipinski definition) is 4. The quantitative estimate of drug-likeness (QED) is 0.282. The van der Waals surface area contributed by atoms with Gasteiger partial charge in [-0.1, -0.05) is 31.4 Å². The fourth-order valence-corrected chi connectivity index (χ4v) is 2.49. The van der Waals surface area contributed by atoms with Crippen molar-refractivity contribution in [2.45, 2.75) is 13.8 Å². The summed E-state index contributed by atoms with van der Waals surface area (Å²) in [5.41, 5.74) is 2.60. The van der Waals surface area contributed by atoms with Crippen LogP contribution >= 0.6 is 22.6 Å². The number of ether oxygens (including phenoxy) is 2. The van der Waals surface area contributed by atoms with E-state index in [9.17, 15) is 9.59 Å². The molecule has 0 aliphatic carbocycles. The number of carbonyl (C=O) groups excluding carboxylic acids is 2. The summed E-state index contributed by atoms with van der Waals surface area (Å²) in [6.07, 6.45) is 0. The standard InChI is InChI=1S/C20H17IO4/c1-12(2)19(22)24-16-8-5-14(6-9-16)15-7-10-18(17(21)11-15)25-20(23)13(3)4/h5-11H,1,3H2,2,4H3. The molecule has 0 amide bonds. The molecule has 0 fully saturated rings. The van der Waals surface area contributed by atoms with Crippen LogP contribution in [0.2, 0.25) is 0 Å². The van der Waals surface area contributed by atoms with Crippen LogP contribution in [0.4, 0.5) is 0 Å². The Morgan fingerprint density at radius 1 is 0.840 bits per heavy atom. The normalized spacial score (nSPS) is 10.0. The maximum atomic E-state index is 11.6. The molecule has 0 atom stereocenters. The molecule has 5 heteroatoms. The predicted octanol–water partition coefficient (Wildman–Crippen LogP) is 4.92. The van der Waals surface area contributed by atoms with Crippen LogP contribution in [0.3, 0.4) is 0 Å². The van der Waals surface area contributed by atoms with E-state index in [0.29, 0.717) is 22.6 Å². The molecule has 0 saturated heterocycles. The monoisotopic (exact) mass is 448 g/mol. The molecule has 2 rings (SSSR count). The molecule has 0 spiro atoms. The lowest BCUT2D eigenvalue weighted by atomic mass is 10.1. The highest BCUT2D eigenvalue weighted by Crippen LogP contribution is 2.29. The van der Waals surface area contributed by atoms with Gasteiger partial charge in [-0.05, 0) is 71.8 Å². The van der Waals surface area contributed by atoms with E-state index in [2.05, 4.69) is 35.7 Å². The molecule has 128 valence electrons. The molecule has 2 aromatic rings. The molecule has 0 aliphatic rings. The first-order valence-corrected chi connectivity index (χ1v) is 8.51. The zero-order valence-electron chi connectivity index (χ0n) is 14.0. The molecule has 0 saturated carbocycles. The van der Waals surface area contributed by atoms with Crippen LogP contribution in [0.5, 0.6) is 11.5 Å². The number of carbonyl (C=O) groups is 2. The van der Waals surface area contributed by atoms with E-state index in [1.54, 1.807) is 32.0 Å². The predicted molar refractivity (Wildman–Crippen MR) is 105 cm³/mol. The Labute approximate surface area is 160 Å². The molecule has 0 aliphatic heterocycles. The molecular weight excluding hydrogens is 431 g/mol. The van der Waals surface area contributed by atoms with Crippen molar-refractivity contribution in [2.24, 2.45) is 0 Å². The van der Waals surface area contributed by atoms with Crippen molar-refractivity contribution in [3.05, 3.63) is 70.3 Å². The van der Waals surface area contributed by atoms with Gasteiger partial charge in [-0.15, -0.1) is 0 Å². The number of halogens is 1. The summed E-state index contributed by atoms with van der Waals surface area (Å²) in [6, 6.07) is 12.7. The Bertz CT molecular complexity index is 850. The summed E-state index contributed by atoms with van der Waals surface area (Å²) >= 11 is 2.11. The van der Waals surface area contributed by atoms with Crippen LogP contribution < -0.4 is 9.47 Å². The second-order valence-electron chi connectivity index (χ2n) is 5.51. The lowest BCUT2D eigenvalue weighted by Crippen LogP contribution is -2.09. The van der Waals surface area contributed by atoms with E-state index in [4.69, 9.17) is 9.47 Å². The summed E-state index contributed by atoms with van der Waals surface area (Å²) in [4.78, 5) is 23.1. The molecule has 0 radical (unpaired) electrons. The molecule has 25 heavy (non-hydrogen) atoms. The maximum Gasteiger partial charge on any atom is 0.338 e. The van der Waals surface area contributed by atoms with Gasteiger partial charge in [0.15, 0.2) is 0 Å². The van der Waals surface area contributed by atoms with E-state index < -0.39 is 11.9 Å². The molecule has 4 nitrogen and oxygen atoms in total. The summed E-state index contributed by atoms with van der Waals surface area (Å²) in [5.74, 6) is 0.0446. The van der Waals surface area contributed by atoms with Gasteiger partial charge < -0.3 is 9.47 Å². The van der Waals surface area contributed by atoms with Crippen molar-refractivity contribution in [2.75, 3.05) is 0 Å². The third-order valence-corrected chi connectivity index (χ3v) is 4.07. The highest BCUT2D eigenvalue weighted by molar-refractivity contribution is 14.1. The largest absolute Gasteiger partial charge is 0.423 e. The highest BCUT2D eigenvalue weighted by Gasteiger charge is 2.10. The van der Waals surface area contributed by atoms with Gasteiger partial charge in [-0.25, -0.2) is 9.59 Å². The van der Waals surface area contributed by atoms with Crippen LogP contribution in [-0.2, 0) is 9.59 Å². The van der Waals surface area contributed by atoms with Crippen molar-refractivity contribution < 1.29 is 19.1 Å². The Kier molecular flexibility index (Phi) is 6.14. The third kappa shape index (κ3) is 5.03. The van der Waals surface area contributed by atoms with Crippen molar-refractivity contribution >= 4 is 34.5 Å². The first-order chi connectivity index (χ1) is 11.8. The lowest BCUT2D eigenvalue weighted by molar-refractivity contribution is -0.131. The summed E-state index contributed by atoms with van der Waals surface area (Å²) in [5, 5.41) is 0. The van der Waals surface area contributed by atoms with Gasteiger partial charge in [0.05, 0.1) is 3.57 Å². The SMILES string of the molecule is C=C(C)C(=O)Oc1ccc(-c2ccc(OC(=O)C(=C)C)c(I)c2)cc1. The van der Waals surface area contributed by atoms with Gasteiger partial charge in [0.1, 0.15) is 11.5 Å². The molecule has 2 aromatic carbocycles. The fourth-order valence-electron chi connectivity index (χ4n) is 1.86. The first-order valence-electron chi connectivity index (χ1n) is 7.43. The van der Waals surface area contributed by atoms with E-state index in [0.717, 1.165) is 14.7 Å². The number of esters is 2. The molecule has 0 bridgehead atoms. The maximum absolute atomic E-state index is 11.6. The highest BCUT2D eigenvalue weighted by atomic mass is 127. The average Bonchev–Trinajstić information content (AvgIpc) is 2.57. The third-order valence-electron chi connectivity index (χ3n) is 3.23. The minimum Gasteiger partial charge on any atom is -0.423 e. The van der Waals surface area contributed by atoms with E-state index in [-0.39, 0.29) is 0 Å². The topological polar surface area (TPSA) is 52.6 Å². The zero-order chi connectivity index (χ0) is 18.6. The van der Waals surface area contributed by atoms with Crippen LogP contribution in [-0.4, -0.2) is 11.9 Å².